The van der Waals surface area contributed by atoms with Gasteiger partial charge in [0, 0.05) is 17.5 Å². The molecule has 1 N–H and O–H groups in total. The summed E-state index contributed by atoms with van der Waals surface area (Å²) in [6.45, 7) is 0. The van der Waals surface area contributed by atoms with Crippen LogP contribution in [0.3, 0.4) is 0 Å². The fraction of sp³-hybridized carbons (Fsp3) is 0.357. The molecule has 0 bridgehead atoms. The molecule has 1 aromatic carbocycles. The lowest BCUT2D eigenvalue weighted by molar-refractivity contribution is 0.469. The van der Waals surface area contributed by atoms with E-state index < -0.39 is 5.82 Å². The fourth-order valence-electron chi connectivity index (χ4n) is 2.86. The minimum atomic E-state index is -0.484. The Morgan fingerprint density at radius 1 is 1.24 bits per heavy atom. The highest BCUT2D eigenvalue weighted by atomic mass is 32.1. The summed E-state index contributed by atoms with van der Waals surface area (Å²) in [5.41, 5.74) is 0.376. The van der Waals surface area contributed by atoms with Crippen molar-refractivity contribution in [2.75, 3.05) is 0 Å². The Morgan fingerprint density at radius 2 is 2.05 bits per heavy atom. The van der Waals surface area contributed by atoms with Crippen LogP contribution in [-0.4, -0.2) is 24.9 Å². The van der Waals surface area contributed by atoms with Crippen molar-refractivity contribution in [3.05, 3.63) is 29.8 Å². The number of phenolic OH excluding ortho intramolecular Hbond substituents is 1. The maximum Gasteiger partial charge on any atom is 0.234 e. The highest BCUT2D eigenvalue weighted by Gasteiger charge is 2.24. The van der Waals surface area contributed by atoms with Crippen LogP contribution < -0.4 is 0 Å². The Morgan fingerprint density at radius 3 is 2.81 bits per heavy atom. The third kappa shape index (κ3) is 2.08. The zero-order valence-corrected chi connectivity index (χ0v) is 12.0. The molecule has 1 fully saturated rings. The van der Waals surface area contributed by atoms with Gasteiger partial charge >= 0.3 is 0 Å². The van der Waals surface area contributed by atoms with E-state index >= 15 is 0 Å². The van der Waals surface area contributed by atoms with Crippen LogP contribution in [0.2, 0.25) is 0 Å². The van der Waals surface area contributed by atoms with Crippen LogP contribution in [-0.2, 0) is 0 Å². The number of aromatic hydroxyl groups is 1. The van der Waals surface area contributed by atoms with Crippen molar-refractivity contribution in [2.24, 2.45) is 0 Å². The van der Waals surface area contributed by atoms with E-state index in [1.165, 1.54) is 36.3 Å². The van der Waals surface area contributed by atoms with Crippen LogP contribution in [0.1, 0.15) is 37.4 Å². The van der Waals surface area contributed by atoms with Crippen LogP contribution >= 0.6 is 11.3 Å². The average molecular weight is 304 g/mol. The quantitative estimate of drug-likeness (QED) is 0.788. The molecule has 2 aromatic heterocycles. The lowest BCUT2D eigenvalue weighted by atomic mass is 10.1. The molecule has 1 aliphatic rings. The van der Waals surface area contributed by atoms with Crippen LogP contribution in [0.15, 0.2) is 18.2 Å². The molecule has 0 amide bonds. The SMILES string of the molecule is Oc1ccc(-c2nn3c(C4CCCC4)nnc3s2)c(F)c1. The molecule has 108 valence electrons. The molecule has 2 heterocycles. The molecule has 0 unspecified atom stereocenters. The van der Waals surface area contributed by atoms with Gasteiger partial charge in [-0.2, -0.15) is 9.61 Å². The van der Waals surface area contributed by atoms with Gasteiger partial charge in [-0.25, -0.2) is 4.39 Å². The monoisotopic (exact) mass is 304 g/mol. The molecule has 0 saturated heterocycles. The molecule has 5 nitrogen and oxygen atoms in total. The number of hydrogen-bond acceptors (Lipinski definition) is 5. The Labute approximate surface area is 124 Å². The van der Waals surface area contributed by atoms with Crippen LogP contribution in [0.4, 0.5) is 4.39 Å². The lowest BCUT2D eigenvalue weighted by Gasteiger charge is -2.03. The molecule has 0 spiro atoms. The van der Waals surface area contributed by atoms with Crippen molar-refractivity contribution in [3.8, 4) is 16.3 Å². The number of phenols is 1. The lowest BCUT2D eigenvalue weighted by Crippen LogP contribution is -2.01. The molecular formula is C14H13FN4OS. The zero-order chi connectivity index (χ0) is 14.4. The third-order valence-corrected chi connectivity index (χ3v) is 4.85. The van der Waals surface area contributed by atoms with Gasteiger partial charge in [0.15, 0.2) is 10.8 Å². The first-order chi connectivity index (χ1) is 10.2. The first-order valence-corrected chi connectivity index (χ1v) is 7.75. The van der Waals surface area contributed by atoms with E-state index in [1.54, 1.807) is 4.52 Å². The van der Waals surface area contributed by atoms with Crippen molar-refractivity contribution in [3.63, 3.8) is 0 Å². The van der Waals surface area contributed by atoms with E-state index in [0.29, 0.717) is 21.4 Å². The Bertz CT molecular complexity index is 807. The minimum Gasteiger partial charge on any atom is -0.508 e. The van der Waals surface area contributed by atoms with Gasteiger partial charge in [0.25, 0.3) is 0 Å². The van der Waals surface area contributed by atoms with Gasteiger partial charge < -0.3 is 5.11 Å². The third-order valence-electron chi connectivity index (χ3n) is 3.92. The summed E-state index contributed by atoms with van der Waals surface area (Å²) < 4.78 is 15.7. The largest absolute Gasteiger partial charge is 0.508 e. The van der Waals surface area contributed by atoms with Gasteiger partial charge in [-0.3, -0.25) is 0 Å². The van der Waals surface area contributed by atoms with Crippen molar-refractivity contribution in [1.29, 1.82) is 0 Å². The van der Waals surface area contributed by atoms with E-state index in [1.807, 2.05) is 0 Å². The van der Waals surface area contributed by atoms with Gasteiger partial charge in [0.2, 0.25) is 4.96 Å². The molecule has 0 radical (unpaired) electrons. The van der Waals surface area contributed by atoms with E-state index in [4.69, 9.17) is 0 Å². The first kappa shape index (κ1) is 12.7. The second-order valence-corrected chi connectivity index (χ2v) is 6.26. The highest BCUT2D eigenvalue weighted by molar-refractivity contribution is 7.19. The summed E-state index contributed by atoms with van der Waals surface area (Å²) in [4.78, 5) is 0.680. The molecule has 0 atom stereocenters. The number of hydrogen-bond donors (Lipinski definition) is 1. The number of benzene rings is 1. The number of halogens is 1. The van der Waals surface area contributed by atoms with Crippen molar-refractivity contribution < 1.29 is 9.50 Å². The van der Waals surface area contributed by atoms with Gasteiger partial charge in [-0.1, -0.05) is 24.2 Å². The average Bonchev–Trinajstić information content (AvgIpc) is 3.13. The summed E-state index contributed by atoms with van der Waals surface area (Å²) in [7, 11) is 0. The molecule has 7 heteroatoms. The van der Waals surface area contributed by atoms with E-state index in [0.717, 1.165) is 24.7 Å². The second kappa shape index (κ2) is 4.77. The van der Waals surface area contributed by atoms with Gasteiger partial charge in [0.05, 0.1) is 0 Å². The van der Waals surface area contributed by atoms with Crippen LogP contribution in [0, 0.1) is 5.82 Å². The molecule has 4 rings (SSSR count). The Kier molecular flexibility index (Phi) is 2.88. The smallest absolute Gasteiger partial charge is 0.234 e. The summed E-state index contributed by atoms with van der Waals surface area (Å²) in [5, 5.41) is 22.7. The molecule has 3 aromatic rings. The van der Waals surface area contributed by atoms with Gasteiger partial charge in [0.1, 0.15) is 11.6 Å². The molecular weight excluding hydrogens is 291 g/mol. The molecule has 1 aliphatic carbocycles. The van der Waals surface area contributed by atoms with Crippen molar-refractivity contribution >= 4 is 16.3 Å². The minimum absolute atomic E-state index is 0.0918. The maximum atomic E-state index is 13.9. The van der Waals surface area contributed by atoms with Crippen LogP contribution in [0.25, 0.3) is 15.5 Å². The van der Waals surface area contributed by atoms with Crippen molar-refractivity contribution in [1.82, 2.24) is 19.8 Å². The summed E-state index contributed by atoms with van der Waals surface area (Å²) >= 11 is 1.31. The van der Waals surface area contributed by atoms with Gasteiger partial charge in [-0.15, -0.1) is 10.2 Å². The number of nitrogens with zero attached hydrogens (tertiary/aromatic N) is 4. The maximum absolute atomic E-state index is 13.9. The van der Waals surface area contributed by atoms with Crippen LogP contribution in [0.5, 0.6) is 5.75 Å². The Hall–Kier alpha value is -2.02. The van der Waals surface area contributed by atoms with E-state index in [2.05, 4.69) is 15.3 Å². The number of rotatable bonds is 2. The fourth-order valence-corrected chi connectivity index (χ4v) is 3.73. The predicted octanol–water partition coefficient (Wildman–Crippen LogP) is 3.36. The van der Waals surface area contributed by atoms with E-state index in [9.17, 15) is 9.50 Å². The van der Waals surface area contributed by atoms with E-state index in [-0.39, 0.29) is 5.75 Å². The van der Waals surface area contributed by atoms with Gasteiger partial charge in [-0.05, 0) is 25.0 Å². The second-order valence-electron chi connectivity index (χ2n) is 5.31. The summed E-state index contributed by atoms with van der Waals surface area (Å²) in [6, 6.07) is 4.08. The standard InChI is InChI=1S/C14H13FN4OS/c15-11-7-9(20)5-6-10(11)13-18-19-12(8-3-1-2-4-8)16-17-14(19)21-13/h5-8,20H,1-4H2. The highest BCUT2D eigenvalue weighted by Crippen LogP contribution is 2.35. The topological polar surface area (TPSA) is 63.3 Å². The first-order valence-electron chi connectivity index (χ1n) is 6.93. The number of aromatic nitrogens is 4. The number of fused-ring (bicyclic) bond motifs is 1. The molecule has 0 aliphatic heterocycles. The normalized spacial score (nSPS) is 16.0. The molecule has 21 heavy (non-hydrogen) atoms. The summed E-state index contributed by atoms with van der Waals surface area (Å²) in [5.74, 6) is 0.706. The van der Waals surface area contributed by atoms with Crippen molar-refractivity contribution in [2.45, 2.75) is 31.6 Å². The summed E-state index contributed by atoms with van der Waals surface area (Å²) in [6.07, 6.45) is 4.65. The predicted molar refractivity (Wildman–Crippen MR) is 76.9 cm³/mol. The molecule has 1 saturated carbocycles. The zero-order valence-electron chi connectivity index (χ0n) is 11.2. The Balaban J connectivity index is 1.80.